The Labute approximate surface area is 165 Å². The van der Waals surface area contributed by atoms with Crippen molar-refractivity contribution in [3.05, 3.63) is 121 Å². The molecule has 0 aliphatic carbocycles. The molecule has 0 amide bonds. The Morgan fingerprint density at radius 3 is 1.86 bits per heavy atom. The van der Waals surface area contributed by atoms with Gasteiger partial charge in [0.05, 0.1) is 6.10 Å². The SMILES string of the molecule is C=CC(=O)c1ccc2ccccc2c1.C=CC(O)c1ccc2ccccc2c1. The van der Waals surface area contributed by atoms with E-state index < -0.39 is 6.10 Å². The lowest BCUT2D eigenvalue weighted by atomic mass is 10.0. The van der Waals surface area contributed by atoms with E-state index in [2.05, 4.69) is 19.2 Å². The Bertz CT molecular complexity index is 1140. The molecule has 1 N–H and O–H groups in total. The number of carbonyl (C=O) groups is 1. The van der Waals surface area contributed by atoms with E-state index in [1.807, 2.05) is 78.9 Å². The van der Waals surface area contributed by atoms with Crippen LogP contribution in [0, 0.1) is 0 Å². The van der Waals surface area contributed by atoms with Gasteiger partial charge in [-0.05, 0) is 45.3 Å². The van der Waals surface area contributed by atoms with Crippen LogP contribution in [0.4, 0.5) is 0 Å². The van der Waals surface area contributed by atoms with Crippen LogP contribution in [-0.2, 0) is 0 Å². The minimum Gasteiger partial charge on any atom is -0.384 e. The fourth-order valence-electron chi connectivity index (χ4n) is 2.99. The fourth-order valence-corrected chi connectivity index (χ4v) is 2.99. The number of hydrogen-bond acceptors (Lipinski definition) is 2. The summed E-state index contributed by atoms with van der Waals surface area (Å²) in [6, 6.07) is 27.6. The predicted octanol–water partition coefficient (Wildman–Crippen LogP) is 6.27. The summed E-state index contributed by atoms with van der Waals surface area (Å²) in [4.78, 5) is 11.3. The van der Waals surface area contributed by atoms with Crippen LogP contribution >= 0.6 is 0 Å². The fraction of sp³-hybridized carbons (Fsp3) is 0.0385. The zero-order chi connectivity index (χ0) is 19.9. The maximum absolute atomic E-state index is 11.3. The Morgan fingerprint density at radius 1 is 0.750 bits per heavy atom. The highest BCUT2D eigenvalue weighted by Gasteiger charge is 2.03. The van der Waals surface area contributed by atoms with Gasteiger partial charge in [-0.25, -0.2) is 0 Å². The Balaban J connectivity index is 0.000000161. The maximum atomic E-state index is 11.3. The largest absolute Gasteiger partial charge is 0.384 e. The van der Waals surface area contributed by atoms with Crippen molar-refractivity contribution in [1.29, 1.82) is 0 Å². The first-order valence-corrected chi connectivity index (χ1v) is 9.07. The van der Waals surface area contributed by atoms with Gasteiger partial charge in [0.2, 0.25) is 0 Å². The third-order valence-electron chi connectivity index (χ3n) is 4.56. The molecule has 2 nitrogen and oxygen atoms in total. The molecular formula is C26H22O2. The van der Waals surface area contributed by atoms with Crippen LogP contribution in [-0.4, -0.2) is 10.9 Å². The summed E-state index contributed by atoms with van der Waals surface area (Å²) in [6.07, 6.45) is 2.30. The van der Waals surface area contributed by atoms with Crippen LogP contribution in [0.3, 0.4) is 0 Å². The molecule has 2 heteroatoms. The lowest BCUT2D eigenvalue weighted by Gasteiger charge is -2.06. The van der Waals surface area contributed by atoms with Crippen molar-refractivity contribution in [3.8, 4) is 0 Å². The van der Waals surface area contributed by atoms with Crippen LogP contribution < -0.4 is 0 Å². The monoisotopic (exact) mass is 366 g/mol. The van der Waals surface area contributed by atoms with Crippen LogP contribution in [0.15, 0.2) is 110 Å². The first kappa shape index (κ1) is 19.3. The highest BCUT2D eigenvalue weighted by atomic mass is 16.3. The second-order valence-electron chi connectivity index (χ2n) is 6.42. The molecule has 0 aliphatic rings. The number of benzene rings is 4. The molecule has 28 heavy (non-hydrogen) atoms. The van der Waals surface area contributed by atoms with Gasteiger partial charge < -0.3 is 5.11 Å². The second-order valence-corrected chi connectivity index (χ2v) is 6.42. The van der Waals surface area contributed by atoms with Crippen molar-refractivity contribution in [2.24, 2.45) is 0 Å². The number of hydrogen-bond donors (Lipinski definition) is 1. The average molecular weight is 366 g/mol. The summed E-state index contributed by atoms with van der Waals surface area (Å²) in [5, 5.41) is 14.1. The summed E-state index contributed by atoms with van der Waals surface area (Å²) in [5.41, 5.74) is 1.58. The van der Waals surface area contributed by atoms with Crippen molar-refractivity contribution < 1.29 is 9.90 Å². The first-order chi connectivity index (χ1) is 13.6. The molecule has 4 rings (SSSR count). The molecular weight excluding hydrogens is 344 g/mol. The van der Waals surface area contributed by atoms with Gasteiger partial charge in [-0.2, -0.15) is 0 Å². The average Bonchev–Trinajstić information content (AvgIpc) is 2.77. The third-order valence-corrected chi connectivity index (χ3v) is 4.56. The molecule has 1 atom stereocenters. The topological polar surface area (TPSA) is 37.3 Å². The number of aliphatic hydroxyl groups excluding tert-OH is 1. The number of allylic oxidation sites excluding steroid dienone is 1. The van der Waals surface area contributed by atoms with E-state index in [0.717, 1.165) is 21.7 Å². The van der Waals surface area contributed by atoms with Crippen LogP contribution in [0.25, 0.3) is 21.5 Å². The molecule has 0 fully saturated rings. The van der Waals surface area contributed by atoms with Gasteiger partial charge in [0.15, 0.2) is 5.78 Å². The van der Waals surface area contributed by atoms with Gasteiger partial charge in [-0.3, -0.25) is 4.79 Å². The molecule has 138 valence electrons. The van der Waals surface area contributed by atoms with E-state index in [4.69, 9.17) is 0 Å². The third kappa shape index (κ3) is 4.43. The number of aliphatic hydroxyl groups is 1. The van der Waals surface area contributed by atoms with Crippen molar-refractivity contribution in [1.82, 2.24) is 0 Å². The molecule has 0 bridgehead atoms. The van der Waals surface area contributed by atoms with Crippen molar-refractivity contribution >= 4 is 27.3 Å². The zero-order valence-electron chi connectivity index (χ0n) is 15.6. The summed E-state index contributed by atoms with van der Waals surface area (Å²) in [7, 11) is 0. The summed E-state index contributed by atoms with van der Waals surface area (Å²) in [6.45, 7) is 7.03. The molecule has 1 unspecified atom stereocenters. The van der Waals surface area contributed by atoms with E-state index in [1.165, 1.54) is 17.5 Å². The van der Waals surface area contributed by atoms with Gasteiger partial charge in [0.1, 0.15) is 0 Å². The molecule has 0 aliphatic heterocycles. The minimum atomic E-state index is -0.570. The maximum Gasteiger partial charge on any atom is 0.185 e. The van der Waals surface area contributed by atoms with Crippen molar-refractivity contribution in [3.63, 3.8) is 0 Å². The van der Waals surface area contributed by atoms with E-state index in [-0.39, 0.29) is 5.78 Å². The molecule has 4 aromatic carbocycles. The Hall–Kier alpha value is -3.49. The van der Waals surface area contributed by atoms with Crippen LogP contribution in [0.5, 0.6) is 0 Å². The highest BCUT2D eigenvalue weighted by molar-refractivity contribution is 6.06. The van der Waals surface area contributed by atoms with Gasteiger partial charge in [0, 0.05) is 5.56 Å². The van der Waals surface area contributed by atoms with Crippen molar-refractivity contribution in [2.45, 2.75) is 6.10 Å². The minimum absolute atomic E-state index is 0.0317. The second kappa shape index (κ2) is 8.94. The van der Waals surface area contributed by atoms with Gasteiger partial charge in [0.25, 0.3) is 0 Å². The summed E-state index contributed by atoms with van der Waals surface area (Å²) >= 11 is 0. The molecule has 0 saturated heterocycles. The quantitative estimate of drug-likeness (QED) is 0.263. The molecule has 4 aromatic rings. The number of carbonyl (C=O) groups excluding carboxylic acids is 1. The predicted molar refractivity (Wildman–Crippen MR) is 118 cm³/mol. The molecule has 0 radical (unpaired) electrons. The normalized spacial score (nSPS) is 11.3. The van der Waals surface area contributed by atoms with E-state index in [1.54, 1.807) is 0 Å². The summed E-state index contributed by atoms with van der Waals surface area (Å²) in [5.74, 6) is -0.0317. The number of ketones is 1. The summed E-state index contributed by atoms with van der Waals surface area (Å²) < 4.78 is 0. The molecule has 0 aromatic heterocycles. The first-order valence-electron chi connectivity index (χ1n) is 9.07. The van der Waals surface area contributed by atoms with Gasteiger partial charge >= 0.3 is 0 Å². The van der Waals surface area contributed by atoms with Crippen LogP contribution in [0.2, 0.25) is 0 Å². The standard InChI is InChI=1S/C13H12O.C13H10O/c2*1-2-13(14)12-8-7-10-5-3-4-6-11(10)9-12/h2-9,13-14H,1H2;2-9H,1H2. The van der Waals surface area contributed by atoms with Gasteiger partial charge in [-0.1, -0.05) is 85.5 Å². The van der Waals surface area contributed by atoms with E-state index in [9.17, 15) is 9.90 Å². The van der Waals surface area contributed by atoms with Crippen molar-refractivity contribution in [2.75, 3.05) is 0 Å². The van der Waals surface area contributed by atoms with E-state index in [0.29, 0.717) is 5.56 Å². The Kier molecular flexibility index (Phi) is 6.15. The van der Waals surface area contributed by atoms with Gasteiger partial charge in [-0.15, -0.1) is 6.58 Å². The van der Waals surface area contributed by atoms with E-state index >= 15 is 0 Å². The Morgan fingerprint density at radius 2 is 1.29 bits per heavy atom. The number of fused-ring (bicyclic) bond motifs is 2. The lowest BCUT2D eigenvalue weighted by Crippen LogP contribution is -1.92. The highest BCUT2D eigenvalue weighted by Crippen LogP contribution is 2.20. The zero-order valence-corrected chi connectivity index (χ0v) is 15.6. The smallest absolute Gasteiger partial charge is 0.185 e. The molecule has 0 spiro atoms. The molecule has 0 heterocycles. The number of rotatable bonds is 4. The van der Waals surface area contributed by atoms with Crippen LogP contribution in [0.1, 0.15) is 22.0 Å². The molecule has 0 saturated carbocycles. The lowest BCUT2D eigenvalue weighted by molar-refractivity contribution is 0.104.